The highest BCUT2D eigenvalue weighted by molar-refractivity contribution is 6.54. The van der Waals surface area contributed by atoms with Crippen LogP contribution in [-0.2, 0) is 4.74 Å². The van der Waals surface area contributed by atoms with Crippen LogP contribution in [0.2, 0.25) is 0 Å². The number of fused-ring (bicyclic) bond motifs is 12. The summed E-state index contributed by atoms with van der Waals surface area (Å²) in [4.78, 5) is 104. The average molecular weight is 1100 g/mol. The third-order valence-corrected chi connectivity index (χ3v) is 16.5. The van der Waals surface area contributed by atoms with E-state index in [1.54, 1.807) is 67.4 Å². The predicted octanol–water partition coefficient (Wildman–Crippen LogP) is 6.13. The normalized spacial score (nSPS) is 18.6. The average Bonchev–Trinajstić information content (AvgIpc) is 4.31. The van der Waals surface area contributed by atoms with Crippen molar-refractivity contribution < 1.29 is 43.1 Å². The van der Waals surface area contributed by atoms with Crippen LogP contribution in [0.25, 0.3) is 45.0 Å². The Morgan fingerprint density at radius 2 is 0.707 bits per heavy atom. The number of carbonyl (C=O) groups excluding carboxylic acids is 8. The summed E-state index contributed by atoms with van der Waals surface area (Å²) < 4.78 is 10.2. The molecule has 0 atom stereocenters. The maximum absolute atomic E-state index is 12.5. The lowest BCUT2D eigenvalue weighted by molar-refractivity contribution is -0.0286. The Bertz CT molecular complexity index is 3960. The number of rotatable bonds is 4. The highest BCUT2D eigenvalue weighted by Gasteiger charge is 2.41. The molecule has 0 spiro atoms. The third kappa shape index (κ3) is 8.78. The van der Waals surface area contributed by atoms with Gasteiger partial charge in [-0.1, -0.05) is 113 Å². The highest BCUT2D eigenvalue weighted by Crippen LogP contribution is 2.40. The second-order valence-corrected chi connectivity index (χ2v) is 21.6. The van der Waals surface area contributed by atoms with E-state index in [2.05, 4.69) is 65.0 Å². The fourth-order valence-electron chi connectivity index (χ4n) is 11.6. The van der Waals surface area contributed by atoms with Crippen LogP contribution >= 0.6 is 0 Å². The second kappa shape index (κ2) is 21.0. The summed E-state index contributed by atoms with van der Waals surface area (Å²) in [6, 6.07) is 29.0. The van der Waals surface area contributed by atoms with Gasteiger partial charge in [0.05, 0.1) is 31.3 Å². The topological polar surface area (TPSA) is 275 Å². The molecule has 23 nitrogen and oxygen atoms in total. The van der Waals surface area contributed by atoms with Gasteiger partial charge in [0, 0.05) is 44.5 Å². The first kappa shape index (κ1) is 52.1. The SMILES string of the molecule is CN1CCC(n2nc3c(n2)-c2ccccc2C(=O)C3=O)CC1.CN1CCC(n2nnc3c2C(=O)C(=O)c2ccccc2-3)CC1.O=C1C(=O)c2c(nnn2C2CCC2)-c2ccccc21.O=C1C(=O)c2nnn(C3COC3)c2-c2ccccc21. The van der Waals surface area contributed by atoms with Crippen LogP contribution < -0.4 is 0 Å². The van der Waals surface area contributed by atoms with E-state index in [0.717, 1.165) is 76.7 Å². The molecule has 3 saturated heterocycles. The third-order valence-electron chi connectivity index (χ3n) is 16.5. The van der Waals surface area contributed by atoms with Gasteiger partial charge in [-0.25, -0.2) is 14.0 Å². The van der Waals surface area contributed by atoms with Crippen molar-refractivity contribution in [1.29, 1.82) is 0 Å². The van der Waals surface area contributed by atoms with Gasteiger partial charge in [0.1, 0.15) is 40.2 Å². The van der Waals surface area contributed by atoms with Crippen molar-refractivity contribution in [1.82, 2.24) is 69.8 Å². The summed E-state index contributed by atoms with van der Waals surface area (Å²) in [5, 5.41) is 33.4. The molecule has 412 valence electrons. The van der Waals surface area contributed by atoms with Gasteiger partial charge in [-0.2, -0.15) is 9.90 Å². The molecular formula is C59H52N14O9. The van der Waals surface area contributed by atoms with Gasteiger partial charge in [0.25, 0.3) is 23.1 Å². The molecular weight excluding hydrogens is 1050 g/mol. The van der Waals surface area contributed by atoms with E-state index in [9.17, 15) is 38.4 Å². The molecule has 0 N–H and O–H groups in total. The summed E-state index contributed by atoms with van der Waals surface area (Å²) in [6.45, 7) is 5.00. The number of hydrogen-bond donors (Lipinski definition) is 0. The number of ether oxygens (including phenoxy) is 1. The van der Waals surface area contributed by atoms with Gasteiger partial charge in [-0.3, -0.25) is 38.4 Å². The number of nitrogens with zero attached hydrogens (tertiary/aromatic N) is 14. The number of Topliss-reactive ketones (excluding diaryl/α,β-unsaturated/α-hetero) is 8. The Kier molecular flexibility index (Phi) is 13.3. The van der Waals surface area contributed by atoms with Gasteiger partial charge in [0.2, 0.25) is 23.1 Å². The van der Waals surface area contributed by atoms with E-state index >= 15 is 0 Å². The minimum absolute atomic E-state index is 0.0882. The predicted molar refractivity (Wildman–Crippen MR) is 291 cm³/mol. The molecule has 5 aliphatic carbocycles. The van der Waals surface area contributed by atoms with E-state index in [4.69, 9.17) is 4.74 Å². The highest BCUT2D eigenvalue weighted by atomic mass is 16.5. The molecule has 8 aromatic rings. The molecule has 0 unspecified atom stereocenters. The van der Waals surface area contributed by atoms with Crippen LogP contribution in [0.15, 0.2) is 97.1 Å². The molecule has 82 heavy (non-hydrogen) atoms. The smallest absolute Gasteiger partial charge is 0.256 e. The number of carbonyl (C=O) groups is 8. The Morgan fingerprint density at radius 3 is 1.15 bits per heavy atom. The number of ketones is 8. The molecule has 0 amide bonds. The van der Waals surface area contributed by atoms with Crippen molar-refractivity contribution >= 4 is 46.3 Å². The summed E-state index contributed by atoms with van der Waals surface area (Å²) in [5.41, 5.74) is 7.90. The zero-order valence-corrected chi connectivity index (χ0v) is 44.7. The molecule has 4 aromatic carbocycles. The number of benzene rings is 4. The lowest BCUT2D eigenvalue weighted by atomic mass is 9.88. The minimum Gasteiger partial charge on any atom is -0.377 e. The number of hydrogen-bond acceptors (Lipinski definition) is 19. The van der Waals surface area contributed by atoms with Crippen LogP contribution in [0.1, 0.15) is 152 Å². The lowest BCUT2D eigenvalue weighted by Gasteiger charge is -2.29. The molecule has 4 fully saturated rings. The van der Waals surface area contributed by atoms with Gasteiger partial charge >= 0.3 is 0 Å². The van der Waals surface area contributed by atoms with E-state index in [0.29, 0.717) is 86.3 Å². The lowest BCUT2D eigenvalue weighted by Crippen LogP contribution is -2.34. The van der Waals surface area contributed by atoms with Crippen LogP contribution in [-0.4, -0.2) is 170 Å². The Hall–Kier alpha value is -9.32. The molecule has 0 bridgehead atoms. The summed E-state index contributed by atoms with van der Waals surface area (Å²) in [6.07, 6.45) is 6.86. The zero-order valence-electron chi connectivity index (χ0n) is 44.7. The number of likely N-dealkylation sites (tertiary alicyclic amines) is 2. The van der Waals surface area contributed by atoms with Crippen LogP contribution in [0.5, 0.6) is 0 Å². The molecule has 7 heterocycles. The molecule has 16 rings (SSSR count). The Labute approximate surface area is 467 Å². The molecule has 1 saturated carbocycles. The van der Waals surface area contributed by atoms with E-state index in [1.807, 2.05) is 48.5 Å². The maximum Gasteiger partial charge on any atom is 0.256 e. The van der Waals surface area contributed by atoms with Crippen molar-refractivity contribution in [2.24, 2.45) is 0 Å². The second-order valence-electron chi connectivity index (χ2n) is 21.6. The van der Waals surface area contributed by atoms with Crippen molar-refractivity contribution in [3.8, 4) is 45.0 Å². The summed E-state index contributed by atoms with van der Waals surface area (Å²) in [7, 11) is 4.17. The monoisotopic (exact) mass is 1100 g/mol. The summed E-state index contributed by atoms with van der Waals surface area (Å²) in [5.74, 6) is -4.01. The maximum atomic E-state index is 12.5. The van der Waals surface area contributed by atoms with Crippen LogP contribution in [0.4, 0.5) is 0 Å². The van der Waals surface area contributed by atoms with Crippen LogP contribution in [0, 0.1) is 0 Å². The van der Waals surface area contributed by atoms with E-state index in [-0.39, 0.29) is 35.6 Å². The number of aromatic nitrogens is 12. The van der Waals surface area contributed by atoms with Crippen molar-refractivity contribution in [3.05, 3.63) is 142 Å². The van der Waals surface area contributed by atoms with Gasteiger partial charge in [-0.05, 0) is 85.2 Å². The van der Waals surface area contributed by atoms with Crippen LogP contribution in [0.3, 0.4) is 0 Å². The van der Waals surface area contributed by atoms with Crippen molar-refractivity contribution in [2.75, 3.05) is 53.5 Å². The first-order valence-electron chi connectivity index (χ1n) is 27.4. The van der Waals surface area contributed by atoms with E-state index in [1.165, 1.54) is 0 Å². The number of piperidine rings is 2. The quantitative estimate of drug-likeness (QED) is 0.179. The largest absolute Gasteiger partial charge is 0.377 e. The Morgan fingerprint density at radius 1 is 0.354 bits per heavy atom. The van der Waals surface area contributed by atoms with Gasteiger partial charge < -0.3 is 14.5 Å². The standard InChI is InChI=1S/2C16H16N4O2.C14H11N3O2.C13H9N3O3/c1-19-8-6-10(7-9-19)20-14-13(17-18-20)11-4-2-3-5-12(11)15(21)16(14)22;1-19-8-6-10(7-9-19)20-17-13-11-4-2-3-5-12(11)15(21)16(22)14(13)18-20;18-13-10-7-2-1-6-9(10)11-12(14(13)19)17(16-15-11)8-4-3-5-8;17-12-9-4-2-1-3-8(9)11-10(13(12)18)14-15-16(11)7-5-19-6-7/h2*2-5,10H,6-9H2,1H3;1-2,6-8H,3-5H2;1-4,7H,5-6H2. The first-order chi connectivity index (χ1) is 39.9. The molecule has 8 aliphatic rings. The zero-order chi connectivity index (χ0) is 56.5. The first-order valence-corrected chi connectivity index (χ1v) is 27.4. The van der Waals surface area contributed by atoms with Gasteiger partial charge in [-0.15, -0.1) is 20.4 Å². The molecule has 0 radical (unpaired) electrons. The van der Waals surface area contributed by atoms with E-state index < -0.39 is 46.3 Å². The molecule has 4 aromatic heterocycles. The molecule has 23 heteroatoms. The van der Waals surface area contributed by atoms with Crippen molar-refractivity contribution in [3.63, 3.8) is 0 Å². The fraction of sp³-hybridized carbons (Fsp3) is 0.322. The fourth-order valence-corrected chi connectivity index (χ4v) is 11.6. The minimum atomic E-state index is -0.583. The summed E-state index contributed by atoms with van der Waals surface area (Å²) >= 11 is 0. The van der Waals surface area contributed by atoms with Crippen molar-refractivity contribution in [2.45, 2.75) is 69.1 Å². The molecule has 3 aliphatic heterocycles. The van der Waals surface area contributed by atoms with Gasteiger partial charge in [0.15, 0.2) is 11.4 Å². The Balaban J connectivity index is 0.000000103.